The summed E-state index contributed by atoms with van der Waals surface area (Å²) in [5.41, 5.74) is 0.482. The summed E-state index contributed by atoms with van der Waals surface area (Å²) in [5, 5.41) is 17.6. The molecule has 25 heavy (non-hydrogen) atoms. The minimum atomic E-state index is -1.04. The molecule has 1 aromatic carbocycles. The maximum Gasteiger partial charge on any atom is 0.262 e. The average Bonchev–Trinajstić information content (AvgIpc) is 2.59. The van der Waals surface area contributed by atoms with Crippen LogP contribution in [-0.2, 0) is 4.79 Å². The molecule has 0 bridgehead atoms. The lowest BCUT2D eigenvalue weighted by Gasteiger charge is -2.18. The lowest BCUT2D eigenvalue weighted by atomic mass is 10.0. The number of hydrogen-bond donors (Lipinski definition) is 1. The van der Waals surface area contributed by atoms with E-state index in [1.165, 1.54) is 6.92 Å². The molecule has 130 valence electrons. The number of aromatic nitrogens is 2. The van der Waals surface area contributed by atoms with E-state index in [-0.39, 0.29) is 28.8 Å². The zero-order valence-electron chi connectivity index (χ0n) is 14.4. The molecule has 6 nitrogen and oxygen atoms in total. The van der Waals surface area contributed by atoms with Crippen molar-refractivity contribution in [3.63, 3.8) is 0 Å². The highest BCUT2D eigenvalue weighted by Crippen LogP contribution is 2.23. The number of benzene rings is 1. The lowest BCUT2D eigenvalue weighted by molar-refractivity contribution is -0.117. The molecule has 0 aliphatic heterocycles. The van der Waals surface area contributed by atoms with Crippen LogP contribution < -0.4 is 5.56 Å². The van der Waals surface area contributed by atoms with Gasteiger partial charge in [0.15, 0.2) is 10.9 Å². The second kappa shape index (κ2) is 8.08. The van der Waals surface area contributed by atoms with Gasteiger partial charge in [-0.3, -0.25) is 14.2 Å². The van der Waals surface area contributed by atoms with Crippen molar-refractivity contribution in [2.45, 2.75) is 38.4 Å². The minimum Gasteiger partial charge on any atom is -0.308 e. The average molecular weight is 356 g/mol. The smallest absolute Gasteiger partial charge is 0.262 e. The van der Waals surface area contributed by atoms with Gasteiger partial charge < -0.3 is 5.41 Å². The number of carbonyl (C=O) groups is 1. The van der Waals surface area contributed by atoms with Crippen LogP contribution in [-0.4, -0.2) is 26.8 Å². The Kier molecular flexibility index (Phi) is 6.10. The van der Waals surface area contributed by atoms with Gasteiger partial charge in [-0.1, -0.05) is 30.8 Å². The molecule has 1 heterocycles. The highest BCUT2D eigenvalue weighted by atomic mass is 32.2. The largest absolute Gasteiger partial charge is 0.308 e. The fourth-order valence-electron chi connectivity index (χ4n) is 2.43. The molecular weight excluding hydrogens is 336 g/mol. The predicted octanol–water partition coefficient (Wildman–Crippen LogP) is 3.21. The Morgan fingerprint density at radius 1 is 1.44 bits per heavy atom. The summed E-state index contributed by atoms with van der Waals surface area (Å²) in [6, 6.07) is 8.91. The number of carbonyl (C=O) groups excluding carboxylic acids is 1. The molecule has 7 heteroatoms. The minimum absolute atomic E-state index is 0.00430. The molecule has 0 fully saturated rings. The third-order valence-electron chi connectivity index (χ3n) is 4.03. The third-order valence-corrected chi connectivity index (χ3v) is 5.01. The molecule has 2 atom stereocenters. The molecule has 1 N–H and O–H groups in total. The first kappa shape index (κ1) is 18.9. The fourth-order valence-corrected chi connectivity index (χ4v) is 3.43. The molecule has 0 spiro atoms. The molecule has 0 saturated carbocycles. The SMILES string of the molecule is CC[C@H](C)n1c(SCC(=O)[C@@H](C#N)C(C)=N)nc2ccccc2c1=O. The quantitative estimate of drug-likeness (QED) is 0.466. The number of nitriles is 1. The molecule has 0 radical (unpaired) electrons. The Morgan fingerprint density at radius 3 is 2.72 bits per heavy atom. The summed E-state index contributed by atoms with van der Waals surface area (Å²) >= 11 is 1.14. The summed E-state index contributed by atoms with van der Waals surface area (Å²) in [6.07, 6.45) is 0.752. The van der Waals surface area contributed by atoms with Gasteiger partial charge in [-0.2, -0.15) is 5.26 Å². The predicted molar refractivity (Wildman–Crippen MR) is 99.2 cm³/mol. The standard InChI is InChI=1S/C18H20N4O2S/c1-4-11(2)22-17(24)13-7-5-6-8-15(13)21-18(22)25-10-16(23)14(9-19)12(3)20/h5-8,11,14,20H,4,10H2,1-3H3/t11-,14-/m0/s1. The summed E-state index contributed by atoms with van der Waals surface area (Å²) in [7, 11) is 0. The number of nitrogens with zero attached hydrogens (tertiary/aromatic N) is 3. The molecule has 0 aliphatic carbocycles. The summed E-state index contributed by atoms with van der Waals surface area (Å²) < 4.78 is 1.61. The molecule has 0 saturated heterocycles. The summed E-state index contributed by atoms with van der Waals surface area (Å²) in [4.78, 5) is 29.6. The first-order valence-electron chi connectivity index (χ1n) is 8.02. The van der Waals surface area contributed by atoms with Gasteiger partial charge in [-0.25, -0.2) is 4.98 Å². The molecule has 0 unspecified atom stereocenters. The van der Waals surface area contributed by atoms with E-state index in [2.05, 4.69) is 4.98 Å². The van der Waals surface area contributed by atoms with Crippen LogP contribution in [0.2, 0.25) is 0 Å². The van der Waals surface area contributed by atoms with Crippen molar-refractivity contribution in [3.05, 3.63) is 34.6 Å². The highest BCUT2D eigenvalue weighted by molar-refractivity contribution is 7.99. The summed E-state index contributed by atoms with van der Waals surface area (Å²) in [6.45, 7) is 5.36. The Bertz CT molecular complexity index is 913. The first-order chi connectivity index (χ1) is 11.9. The molecule has 0 amide bonds. The number of ketones is 1. The van der Waals surface area contributed by atoms with E-state index < -0.39 is 5.92 Å². The molecule has 1 aromatic heterocycles. The summed E-state index contributed by atoms with van der Waals surface area (Å²) in [5.74, 6) is -1.40. The Labute approximate surface area is 150 Å². The van der Waals surface area contributed by atoms with Crippen LogP contribution in [0.15, 0.2) is 34.2 Å². The Morgan fingerprint density at radius 2 is 2.12 bits per heavy atom. The molecule has 0 aliphatic rings. The van der Waals surface area contributed by atoms with Crippen molar-refractivity contribution in [3.8, 4) is 6.07 Å². The van der Waals surface area contributed by atoms with Gasteiger partial charge in [0.25, 0.3) is 5.56 Å². The van der Waals surface area contributed by atoms with E-state index in [0.717, 1.165) is 18.2 Å². The van der Waals surface area contributed by atoms with Gasteiger partial charge in [0.2, 0.25) is 0 Å². The van der Waals surface area contributed by atoms with Crippen molar-refractivity contribution in [2.24, 2.45) is 5.92 Å². The fraction of sp³-hybridized carbons (Fsp3) is 0.389. The van der Waals surface area contributed by atoms with Crippen LogP contribution in [0, 0.1) is 22.7 Å². The van der Waals surface area contributed by atoms with Crippen molar-refractivity contribution in [1.29, 1.82) is 10.7 Å². The van der Waals surface area contributed by atoms with Gasteiger partial charge in [0.1, 0.15) is 5.92 Å². The van der Waals surface area contributed by atoms with Crippen molar-refractivity contribution in [1.82, 2.24) is 9.55 Å². The van der Waals surface area contributed by atoms with Crippen molar-refractivity contribution >= 4 is 34.2 Å². The van der Waals surface area contributed by atoms with Crippen LogP contribution in [0.5, 0.6) is 0 Å². The zero-order valence-corrected chi connectivity index (χ0v) is 15.3. The Balaban J connectivity index is 2.43. The van der Waals surface area contributed by atoms with Crippen LogP contribution in [0.1, 0.15) is 33.2 Å². The van der Waals surface area contributed by atoms with Gasteiger partial charge in [0, 0.05) is 11.8 Å². The number of rotatable bonds is 7. The van der Waals surface area contributed by atoms with E-state index in [9.17, 15) is 9.59 Å². The van der Waals surface area contributed by atoms with Gasteiger partial charge in [-0.15, -0.1) is 0 Å². The van der Waals surface area contributed by atoms with Crippen LogP contribution in [0.25, 0.3) is 10.9 Å². The van der Waals surface area contributed by atoms with E-state index in [1.54, 1.807) is 22.8 Å². The van der Waals surface area contributed by atoms with E-state index >= 15 is 0 Å². The van der Waals surface area contributed by atoms with Crippen molar-refractivity contribution < 1.29 is 4.79 Å². The van der Waals surface area contributed by atoms with Crippen LogP contribution >= 0.6 is 11.8 Å². The van der Waals surface area contributed by atoms with Crippen molar-refractivity contribution in [2.75, 3.05) is 5.75 Å². The normalized spacial score (nSPS) is 13.2. The molecule has 2 aromatic rings. The van der Waals surface area contributed by atoms with E-state index in [0.29, 0.717) is 16.1 Å². The monoisotopic (exact) mass is 356 g/mol. The van der Waals surface area contributed by atoms with E-state index in [4.69, 9.17) is 10.7 Å². The number of hydrogen-bond acceptors (Lipinski definition) is 6. The topological polar surface area (TPSA) is 99.6 Å². The highest BCUT2D eigenvalue weighted by Gasteiger charge is 2.22. The van der Waals surface area contributed by atoms with Gasteiger partial charge in [0.05, 0.1) is 22.7 Å². The maximum absolute atomic E-state index is 12.8. The zero-order chi connectivity index (χ0) is 18.6. The van der Waals surface area contributed by atoms with Crippen LogP contribution in [0.4, 0.5) is 0 Å². The van der Waals surface area contributed by atoms with E-state index in [1.807, 2.05) is 26.0 Å². The first-order valence-corrected chi connectivity index (χ1v) is 9.00. The number of nitrogens with one attached hydrogen (secondary N) is 1. The Hall–Kier alpha value is -2.46. The number of fused-ring (bicyclic) bond motifs is 1. The van der Waals surface area contributed by atoms with Gasteiger partial charge in [-0.05, 0) is 32.4 Å². The number of thioether (sulfide) groups is 1. The number of Topliss-reactive ketones (excluding diaryl/α,β-unsaturated/α-hetero) is 1. The second-order valence-corrected chi connectivity index (χ2v) is 6.79. The maximum atomic E-state index is 12.8. The lowest BCUT2D eigenvalue weighted by Crippen LogP contribution is -2.27. The molecular formula is C18H20N4O2S. The third kappa shape index (κ3) is 3.97. The second-order valence-electron chi connectivity index (χ2n) is 5.84. The number of para-hydroxylation sites is 1. The van der Waals surface area contributed by atoms with Gasteiger partial charge >= 0.3 is 0 Å². The van der Waals surface area contributed by atoms with Crippen LogP contribution in [0.3, 0.4) is 0 Å². The molecule has 2 rings (SSSR count).